The molecule has 6 nitrogen and oxygen atoms in total. The summed E-state index contributed by atoms with van der Waals surface area (Å²) in [7, 11) is 0. The number of thiophene rings is 1. The first-order valence-electron chi connectivity index (χ1n) is 10.1. The lowest BCUT2D eigenvalue weighted by Crippen LogP contribution is -2.27. The first-order chi connectivity index (χ1) is 14.8. The average molecular weight is 419 g/mol. The molecule has 1 aromatic carbocycles. The van der Waals surface area contributed by atoms with Crippen molar-refractivity contribution in [1.82, 2.24) is 30.5 Å². The molecule has 0 bridgehead atoms. The summed E-state index contributed by atoms with van der Waals surface area (Å²) in [6.07, 6.45) is 2.19. The number of nitrogens with one attached hydrogen (secondary N) is 3. The number of fused-ring (bicyclic) bond motifs is 2. The number of halogens is 1. The highest BCUT2D eigenvalue weighted by molar-refractivity contribution is 7.14. The Morgan fingerprint density at radius 1 is 0.933 bits per heavy atom. The van der Waals surface area contributed by atoms with E-state index in [-0.39, 0.29) is 5.13 Å². The van der Waals surface area contributed by atoms with Gasteiger partial charge in [0.25, 0.3) is 0 Å². The van der Waals surface area contributed by atoms with Crippen molar-refractivity contribution in [2.24, 2.45) is 0 Å². The number of imidazole rings is 1. The molecule has 5 heterocycles. The van der Waals surface area contributed by atoms with E-state index in [2.05, 4.69) is 32.6 Å². The number of piperidine rings is 1. The molecule has 0 saturated carbocycles. The summed E-state index contributed by atoms with van der Waals surface area (Å²) >= 11 is 1.12. The van der Waals surface area contributed by atoms with Gasteiger partial charge in [0.2, 0.25) is 0 Å². The second-order valence-electron chi connectivity index (χ2n) is 7.62. The van der Waals surface area contributed by atoms with Crippen LogP contribution in [0.1, 0.15) is 24.5 Å². The molecule has 150 valence electrons. The van der Waals surface area contributed by atoms with Crippen LogP contribution < -0.4 is 5.32 Å². The Bertz CT molecular complexity index is 1360. The van der Waals surface area contributed by atoms with Gasteiger partial charge in [-0.1, -0.05) is 12.1 Å². The molecule has 0 aliphatic carbocycles. The Balaban J connectivity index is 1.47. The highest BCUT2D eigenvalue weighted by Crippen LogP contribution is 2.34. The lowest BCUT2D eigenvalue weighted by molar-refractivity contribution is 0.454. The molecule has 30 heavy (non-hydrogen) atoms. The first-order valence-corrected chi connectivity index (χ1v) is 10.9. The van der Waals surface area contributed by atoms with Gasteiger partial charge >= 0.3 is 0 Å². The van der Waals surface area contributed by atoms with Crippen molar-refractivity contribution in [3.05, 3.63) is 53.3 Å². The number of H-pyrrole nitrogens is 2. The van der Waals surface area contributed by atoms with E-state index >= 15 is 0 Å². The summed E-state index contributed by atoms with van der Waals surface area (Å²) in [6, 6.07) is 13.3. The number of nitrogens with zero attached hydrogens (tertiary/aromatic N) is 3. The zero-order chi connectivity index (χ0) is 20.1. The molecule has 1 aliphatic rings. The summed E-state index contributed by atoms with van der Waals surface area (Å²) < 4.78 is 13.6. The third-order valence-corrected chi connectivity index (χ3v) is 6.67. The number of hydrogen-bond acceptors (Lipinski definition) is 5. The summed E-state index contributed by atoms with van der Waals surface area (Å²) in [4.78, 5) is 14.0. The molecule has 0 spiro atoms. The van der Waals surface area contributed by atoms with E-state index in [9.17, 15) is 4.39 Å². The number of aromatic nitrogens is 5. The van der Waals surface area contributed by atoms with Crippen LogP contribution in [0.2, 0.25) is 0 Å². The first kappa shape index (κ1) is 17.7. The molecule has 0 unspecified atom stereocenters. The second kappa shape index (κ2) is 7.00. The molecule has 8 heteroatoms. The third-order valence-electron chi connectivity index (χ3n) is 5.76. The zero-order valence-corrected chi connectivity index (χ0v) is 16.9. The fourth-order valence-electron chi connectivity index (χ4n) is 4.23. The Morgan fingerprint density at radius 2 is 1.83 bits per heavy atom. The van der Waals surface area contributed by atoms with E-state index in [4.69, 9.17) is 9.97 Å². The maximum absolute atomic E-state index is 13.6. The topological polar surface area (TPSA) is 82.3 Å². The van der Waals surface area contributed by atoms with Gasteiger partial charge in [-0.05, 0) is 56.3 Å². The maximum Gasteiger partial charge on any atom is 0.176 e. The zero-order valence-electron chi connectivity index (χ0n) is 16.1. The largest absolute Gasteiger partial charge is 0.336 e. The molecular formula is C22H19FN6S. The monoisotopic (exact) mass is 418 g/mol. The van der Waals surface area contributed by atoms with Crippen molar-refractivity contribution >= 4 is 33.4 Å². The quantitative estimate of drug-likeness (QED) is 0.392. The summed E-state index contributed by atoms with van der Waals surface area (Å²) in [5.41, 5.74) is 6.14. The number of hydrogen-bond donors (Lipinski definition) is 3. The van der Waals surface area contributed by atoms with Crippen molar-refractivity contribution in [3.8, 4) is 22.0 Å². The fourth-order valence-corrected chi connectivity index (χ4v) is 4.98. The van der Waals surface area contributed by atoms with Crippen molar-refractivity contribution in [3.63, 3.8) is 0 Å². The van der Waals surface area contributed by atoms with Gasteiger partial charge in [-0.3, -0.25) is 5.10 Å². The number of benzene rings is 1. The van der Waals surface area contributed by atoms with Gasteiger partial charge in [0.15, 0.2) is 16.6 Å². The van der Waals surface area contributed by atoms with E-state index in [0.29, 0.717) is 17.4 Å². The van der Waals surface area contributed by atoms with Crippen LogP contribution in [-0.4, -0.2) is 38.2 Å². The summed E-state index contributed by atoms with van der Waals surface area (Å²) in [5, 5.41) is 10.8. The Labute approximate surface area is 175 Å². The Morgan fingerprint density at radius 3 is 2.67 bits per heavy atom. The summed E-state index contributed by atoms with van der Waals surface area (Å²) in [5.74, 6) is 1.13. The minimum Gasteiger partial charge on any atom is -0.336 e. The van der Waals surface area contributed by atoms with Crippen LogP contribution in [0.5, 0.6) is 0 Å². The predicted molar refractivity (Wildman–Crippen MR) is 117 cm³/mol. The molecule has 0 atom stereocenters. The van der Waals surface area contributed by atoms with Crippen LogP contribution in [0, 0.1) is 5.13 Å². The van der Waals surface area contributed by atoms with Gasteiger partial charge in [0.05, 0.1) is 16.6 Å². The van der Waals surface area contributed by atoms with Crippen LogP contribution in [-0.2, 0) is 0 Å². The lowest BCUT2D eigenvalue weighted by atomic mass is 9.94. The molecule has 0 radical (unpaired) electrons. The predicted octanol–water partition coefficient (Wildman–Crippen LogP) is 4.84. The van der Waals surface area contributed by atoms with Crippen LogP contribution in [0.3, 0.4) is 0 Å². The minimum atomic E-state index is -0.203. The molecule has 1 saturated heterocycles. The Hall–Kier alpha value is -3.10. The van der Waals surface area contributed by atoms with Crippen molar-refractivity contribution in [2.75, 3.05) is 13.1 Å². The Kier molecular flexibility index (Phi) is 4.14. The van der Waals surface area contributed by atoms with Crippen LogP contribution in [0.25, 0.3) is 44.0 Å². The van der Waals surface area contributed by atoms with E-state index < -0.39 is 0 Å². The summed E-state index contributed by atoms with van der Waals surface area (Å²) in [6.45, 7) is 2.05. The second-order valence-corrected chi connectivity index (χ2v) is 8.65. The van der Waals surface area contributed by atoms with E-state index in [1.165, 1.54) is 6.07 Å². The molecule has 0 amide bonds. The highest BCUT2D eigenvalue weighted by atomic mass is 32.1. The standard InChI is InChI=1S/C22H19FN6S/c23-18-7-6-17(30-18)13-2-1-3-15-19(13)27-22(26-15)21-20-16(28-29-21)5-4-14(25-20)12-8-10-24-11-9-12/h1-7,12,24H,8-11H2,(H,26,27)(H,28,29). The van der Waals surface area contributed by atoms with E-state index in [1.54, 1.807) is 6.07 Å². The number of para-hydroxylation sites is 1. The molecule has 5 aromatic rings. The minimum absolute atomic E-state index is 0.203. The SMILES string of the molecule is Fc1ccc(-c2cccc3[nH]c(-c4n[nH]c5ccc(C6CCNCC6)nc45)nc23)s1. The van der Waals surface area contributed by atoms with Gasteiger partial charge in [-0.25, -0.2) is 9.97 Å². The number of pyridine rings is 1. The van der Waals surface area contributed by atoms with E-state index in [0.717, 1.165) is 75.5 Å². The lowest BCUT2D eigenvalue weighted by Gasteiger charge is -2.22. The van der Waals surface area contributed by atoms with Gasteiger partial charge < -0.3 is 10.3 Å². The molecule has 6 rings (SSSR count). The smallest absolute Gasteiger partial charge is 0.176 e. The third kappa shape index (κ3) is 2.91. The molecule has 1 fully saturated rings. The number of rotatable bonds is 3. The van der Waals surface area contributed by atoms with Gasteiger partial charge in [0, 0.05) is 22.1 Å². The molecule has 4 aromatic heterocycles. The molecule has 1 aliphatic heterocycles. The van der Waals surface area contributed by atoms with Crippen LogP contribution >= 0.6 is 11.3 Å². The van der Waals surface area contributed by atoms with Crippen LogP contribution in [0.15, 0.2) is 42.5 Å². The van der Waals surface area contributed by atoms with Crippen molar-refractivity contribution < 1.29 is 4.39 Å². The van der Waals surface area contributed by atoms with Gasteiger partial charge in [-0.2, -0.15) is 9.49 Å². The fraction of sp³-hybridized carbons (Fsp3) is 0.227. The van der Waals surface area contributed by atoms with Gasteiger partial charge in [-0.15, -0.1) is 11.3 Å². The van der Waals surface area contributed by atoms with Gasteiger partial charge in [0.1, 0.15) is 5.52 Å². The van der Waals surface area contributed by atoms with Crippen LogP contribution in [0.4, 0.5) is 4.39 Å². The van der Waals surface area contributed by atoms with Crippen molar-refractivity contribution in [2.45, 2.75) is 18.8 Å². The maximum atomic E-state index is 13.6. The molecular weight excluding hydrogens is 399 g/mol. The normalized spacial score (nSPS) is 15.4. The average Bonchev–Trinajstić information content (AvgIpc) is 3.51. The highest BCUT2D eigenvalue weighted by Gasteiger charge is 2.20. The molecule has 3 N–H and O–H groups in total. The van der Waals surface area contributed by atoms with Crippen molar-refractivity contribution in [1.29, 1.82) is 0 Å². The van der Waals surface area contributed by atoms with E-state index in [1.807, 2.05) is 18.2 Å². The number of aromatic amines is 2.